The van der Waals surface area contributed by atoms with Crippen molar-refractivity contribution in [2.75, 3.05) is 25.0 Å². The number of halogens is 2. The maximum atomic E-state index is 14.6. The Morgan fingerprint density at radius 3 is 2.62 bits per heavy atom. The van der Waals surface area contributed by atoms with Crippen molar-refractivity contribution >= 4 is 5.88 Å². The minimum Gasteiger partial charge on any atom is -0.424 e. The second-order valence-corrected chi connectivity index (χ2v) is 8.51. The maximum absolute atomic E-state index is 14.6. The fraction of sp³-hybridized carbons (Fsp3) is 0.360. The molecule has 2 fully saturated rings. The molecule has 1 saturated heterocycles. The van der Waals surface area contributed by atoms with E-state index in [1.54, 1.807) is 0 Å². The fourth-order valence-electron chi connectivity index (χ4n) is 4.68. The van der Waals surface area contributed by atoms with E-state index in [0.29, 0.717) is 29.8 Å². The lowest BCUT2D eigenvalue weighted by molar-refractivity contribution is 0.249. The molecule has 2 aliphatic rings. The summed E-state index contributed by atoms with van der Waals surface area (Å²) in [6.07, 6.45) is 3.02. The van der Waals surface area contributed by atoms with E-state index >= 15 is 0 Å². The Kier molecular flexibility index (Phi) is 5.62. The molecule has 2 heterocycles. The van der Waals surface area contributed by atoms with Crippen molar-refractivity contribution in [2.45, 2.75) is 37.1 Å². The molecule has 3 unspecified atom stereocenters. The minimum absolute atomic E-state index is 0.156. The van der Waals surface area contributed by atoms with Gasteiger partial charge in [-0.15, -0.1) is 0 Å². The molecule has 0 spiro atoms. The van der Waals surface area contributed by atoms with Gasteiger partial charge < -0.3 is 9.73 Å². The monoisotopic (exact) mass is 434 g/mol. The van der Waals surface area contributed by atoms with Crippen LogP contribution in [0.25, 0.3) is 0 Å². The predicted molar refractivity (Wildman–Crippen MR) is 116 cm³/mol. The van der Waals surface area contributed by atoms with Crippen molar-refractivity contribution in [3.05, 3.63) is 82.9 Å². The molecule has 0 amide bonds. The standard InChI is InChI=1S/C25H24F2N4O/c26-17-8-9-18(21(27)12-17)23(31-10-4-5-11-31)15-29-25-22(14-28)30-24(32-25)20-13-19(20)16-6-2-1-3-7-16/h1-3,6-9,12,19-20,23,29H,4-5,10-11,13,15H2. The van der Waals surface area contributed by atoms with E-state index in [9.17, 15) is 14.0 Å². The first-order valence-corrected chi connectivity index (χ1v) is 11.0. The molecular weight excluding hydrogens is 410 g/mol. The van der Waals surface area contributed by atoms with E-state index in [2.05, 4.69) is 33.4 Å². The predicted octanol–water partition coefficient (Wildman–Crippen LogP) is 5.34. The summed E-state index contributed by atoms with van der Waals surface area (Å²) < 4.78 is 34.0. The van der Waals surface area contributed by atoms with Gasteiger partial charge in [-0.1, -0.05) is 36.4 Å². The summed E-state index contributed by atoms with van der Waals surface area (Å²) in [5.74, 6) is 0.218. The third-order valence-corrected chi connectivity index (χ3v) is 6.44. The van der Waals surface area contributed by atoms with Gasteiger partial charge in [0.05, 0.1) is 6.04 Å². The van der Waals surface area contributed by atoms with Gasteiger partial charge in [-0.05, 0) is 49.9 Å². The van der Waals surface area contributed by atoms with Gasteiger partial charge in [-0.2, -0.15) is 5.26 Å². The van der Waals surface area contributed by atoms with Gasteiger partial charge in [0, 0.05) is 24.1 Å². The molecular formula is C25H24F2N4O. The van der Waals surface area contributed by atoms with Crippen LogP contribution in [0.15, 0.2) is 52.9 Å². The third kappa shape index (κ3) is 4.11. The Morgan fingerprint density at radius 2 is 1.91 bits per heavy atom. The molecule has 1 aliphatic heterocycles. The Morgan fingerprint density at radius 1 is 1.12 bits per heavy atom. The number of aromatic nitrogens is 1. The second-order valence-electron chi connectivity index (χ2n) is 8.51. The van der Waals surface area contributed by atoms with Crippen LogP contribution in [-0.4, -0.2) is 29.5 Å². The van der Waals surface area contributed by atoms with Gasteiger partial charge >= 0.3 is 0 Å². The van der Waals surface area contributed by atoms with Gasteiger partial charge in [0.1, 0.15) is 17.7 Å². The van der Waals surface area contributed by atoms with E-state index in [4.69, 9.17) is 4.42 Å². The topological polar surface area (TPSA) is 65.1 Å². The number of hydrogen-bond acceptors (Lipinski definition) is 5. The summed E-state index contributed by atoms with van der Waals surface area (Å²) in [6.45, 7) is 2.02. The van der Waals surface area contributed by atoms with Gasteiger partial charge in [0.15, 0.2) is 0 Å². The highest BCUT2D eigenvalue weighted by Crippen LogP contribution is 2.54. The van der Waals surface area contributed by atoms with E-state index in [1.165, 1.54) is 17.7 Å². The quantitative estimate of drug-likeness (QED) is 0.543. The van der Waals surface area contributed by atoms with Crippen molar-refractivity contribution in [1.82, 2.24) is 9.88 Å². The zero-order chi connectivity index (χ0) is 22.1. The average molecular weight is 434 g/mol. The van der Waals surface area contributed by atoms with Crippen molar-refractivity contribution < 1.29 is 13.2 Å². The summed E-state index contributed by atoms with van der Waals surface area (Å²) in [5.41, 5.74) is 1.88. The van der Waals surface area contributed by atoms with E-state index < -0.39 is 11.6 Å². The highest BCUT2D eigenvalue weighted by atomic mass is 19.1. The second kappa shape index (κ2) is 8.71. The van der Waals surface area contributed by atoms with Crippen molar-refractivity contribution in [2.24, 2.45) is 0 Å². The summed E-state index contributed by atoms with van der Waals surface area (Å²) in [4.78, 5) is 6.60. The molecule has 5 rings (SSSR count). The third-order valence-electron chi connectivity index (χ3n) is 6.44. The van der Waals surface area contributed by atoms with Gasteiger partial charge in [-0.25, -0.2) is 13.8 Å². The fourth-order valence-corrected chi connectivity index (χ4v) is 4.68. The lowest BCUT2D eigenvalue weighted by atomic mass is 10.0. The molecule has 2 aromatic carbocycles. The van der Waals surface area contributed by atoms with Crippen LogP contribution in [0.5, 0.6) is 0 Å². The number of nitrogens with one attached hydrogen (secondary N) is 1. The molecule has 1 N–H and O–H groups in total. The largest absolute Gasteiger partial charge is 0.424 e. The maximum Gasteiger partial charge on any atom is 0.232 e. The Bertz CT molecular complexity index is 1130. The highest BCUT2D eigenvalue weighted by Gasteiger charge is 2.43. The molecule has 1 aliphatic carbocycles. The molecule has 3 atom stereocenters. The Balaban J connectivity index is 1.34. The van der Waals surface area contributed by atoms with Crippen LogP contribution in [0.2, 0.25) is 0 Å². The van der Waals surface area contributed by atoms with E-state index in [0.717, 1.165) is 38.4 Å². The summed E-state index contributed by atoms with van der Waals surface area (Å²) in [5, 5.41) is 12.7. The molecule has 0 bridgehead atoms. The van der Waals surface area contributed by atoms with Crippen LogP contribution < -0.4 is 5.32 Å². The van der Waals surface area contributed by atoms with E-state index in [1.807, 2.05) is 18.2 Å². The first kappa shape index (κ1) is 20.7. The number of nitrogens with zero attached hydrogens (tertiary/aromatic N) is 3. The Labute approximate surface area is 185 Å². The number of benzene rings is 2. The normalized spacial score (nSPS) is 21.3. The number of oxazole rings is 1. The molecule has 1 saturated carbocycles. The molecule has 164 valence electrons. The number of rotatable bonds is 7. The smallest absolute Gasteiger partial charge is 0.232 e. The number of anilines is 1. The molecule has 1 aromatic heterocycles. The minimum atomic E-state index is -0.594. The van der Waals surface area contributed by atoms with Crippen molar-refractivity contribution in [1.29, 1.82) is 5.26 Å². The molecule has 32 heavy (non-hydrogen) atoms. The van der Waals surface area contributed by atoms with Crippen LogP contribution in [0.3, 0.4) is 0 Å². The first-order valence-electron chi connectivity index (χ1n) is 11.0. The zero-order valence-corrected chi connectivity index (χ0v) is 17.6. The van der Waals surface area contributed by atoms with Gasteiger partial charge in [-0.3, -0.25) is 4.90 Å². The number of likely N-dealkylation sites (tertiary alicyclic amines) is 1. The lowest BCUT2D eigenvalue weighted by Gasteiger charge is -2.28. The lowest BCUT2D eigenvalue weighted by Crippen LogP contribution is -2.31. The first-order chi connectivity index (χ1) is 15.6. The van der Waals surface area contributed by atoms with Crippen LogP contribution in [0, 0.1) is 23.0 Å². The van der Waals surface area contributed by atoms with Gasteiger partial charge in [0.25, 0.3) is 0 Å². The highest BCUT2D eigenvalue weighted by molar-refractivity contribution is 5.47. The van der Waals surface area contributed by atoms with Crippen molar-refractivity contribution in [3.8, 4) is 6.07 Å². The Hall–Kier alpha value is -3.24. The van der Waals surface area contributed by atoms with Crippen LogP contribution in [0.4, 0.5) is 14.7 Å². The molecule has 3 aromatic rings. The summed E-state index contributed by atoms with van der Waals surface area (Å²) in [7, 11) is 0. The summed E-state index contributed by atoms with van der Waals surface area (Å²) >= 11 is 0. The SMILES string of the molecule is N#Cc1nc(C2CC2c2ccccc2)oc1NCC(c1ccc(F)cc1F)N1CCCC1. The van der Waals surface area contributed by atoms with Crippen LogP contribution in [-0.2, 0) is 0 Å². The zero-order valence-electron chi connectivity index (χ0n) is 17.6. The van der Waals surface area contributed by atoms with E-state index in [-0.39, 0.29) is 17.7 Å². The van der Waals surface area contributed by atoms with Crippen LogP contribution >= 0.6 is 0 Å². The number of nitriles is 1. The molecule has 7 heteroatoms. The van der Waals surface area contributed by atoms with Crippen molar-refractivity contribution in [3.63, 3.8) is 0 Å². The molecule has 5 nitrogen and oxygen atoms in total. The number of hydrogen-bond donors (Lipinski definition) is 1. The average Bonchev–Trinajstić information content (AvgIpc) is 3.22. The van der Waals surface area contributed by atoms with Crippen LogP contribution in [0.1, 0.15) is 59.9 Å². The summed E-state index contributed by atoms with van der Waals surface area (Å²) in [6, 6.07) is 15.7. The molecule has 0 radical (unpaired) electrons. The van der Waals surface area contributed by atoms with Gasteiger partial charge in [0.2, 0.25) is 17.5 Å².